The highest BCUT2D eigenvalue weighted by Gasteiger charge is 2.38. The fourth-order valence-electron chi connectivity index (χ4n) is 5.29. The lowest BCUT2D eigenvalue weighted by Crippen LogP contribution is -2.56. The normalized spacial score (nSPS) is 33.0. The number of hydrogen-bond donors (Lipinski definition) is 1. The van der Waals surface area contributed by atoms with Crippen LogP contribution in [0.25, 0.3) is 0 Å². The molecule has 1 amide bonds. The summed E-state index contributed by atoms with van der Waals surface area (Å²) >= 11 is 0. The molecule has 0 aromatic heterocycles. The van der Waals surface area contributed by atoms with E-state index in [1.807, 2.05) is 7.05 Å². The monoisotopic (exact) mass is 357 g/mol. The Kier molecular flexibility index (Phi) is 6.36. The Balaban J connectivity index is 1.61. The molecule has 2 aliphatic rings. The first-order valence-corrected chi connectivity index (χ1v) is 10.2. The zero-order chi connectivity index (χ0) is 18.7. The lowest BCUT2D eigenvalue weighted by atomic mass is 9.81. The molecule has 0 spiro atoms. The molecular formula is C22H35N3O. The van der Waals surface area contributed by atoms with Crippen LogP contribution in [0.15, 0.2) is 30.3 Å². The smallest absolute Gasteiger partial charge is 0.225 e. The number of piperidine rings is 1. The van der Waals surface area contributed by atoms with Crippen LogP contribution in [0.1, 0.15) is 45.1 Å². The molecule has 1 aliphatic carbocycles. The van der Waals surface area contributed by atoms with Crippen molar-refractivity contribution >= 4 is 5.91 Å². The van der Waals surface area contributed by atoms with Crippen molar-refractivity contribution < 1.29 is 4.79 Å². The van der Waals surface area contributed by atoms with Gasteiger partial charge in [0.2, 0.25) is 5.91 Å². The van der Waals surface area contributed by atoms with E-state index in [9.17, 15) is 4.79 Å². The van der Waals surface area contributed by atoms with Crippen LogP contribution in [0.4, 0.5) is 0 Å². The van der Waals surface area contributed by atoms with Gasteiger partial charge < -0.3 is 10.6 Å². The number of benzene rings is 1. The molecule has 1 aliphatic heterocycles. The van der Waals surface area contributed by atoms with E-state index in [1.165, 1.54) is 5.56 Å². The average Bonchev–Trinajstić information content (AvgIpc) is 2.61. The quantitative estimate of drug-likeness (QED) is 0.901. The van der Waals surface area contributed by atoms with Crippen molar-refractivity contribution in [2.45, 2.75) is 58.2 Å². The average molecular weight is 358 g/mol. The summed E-state index contributed by atoms with van der Waals surface area (Å²) in [5.41, 5.74) is 7.48. The van der Waals surface area contributed by atoms with Crippen molar-refractivity contribution in [3.8, 4) is 0 Å². The van der Waals surface area contributed by atoms with E-state index < -0.39 is 0 Å². The van der Waals surface area contributed by atoms with Crippen molar-refractivity contribution in [3.63, 3.8) is 0 Å². The van der Waals surface area contributed by atoms with Crippen molar-refractivity contribution in [3.05, 3.63) is 35.9 Å². The molecule has 3 rings (SSSR count). The summed E-state index contributed by atoms with van der Waals surface area (Å²) in [5.74, 6) is 1.41. The minimum Gasteiger partial charge on any atom is -0.342 e. The number of nitrogens with two attached hydrogens (primary N) is 1. The first-order chi connectivity index (χ1) is 12.5. The lowest BCUT2D eigenvalue weighted by Gasteiger charge is -2.46. The first-order valence-electron chi connectivity index (χ1n) is 10.2. The third kappa shape index (κ3) is 4.47. The molecule has 4 nitrogen and oxygen atoms in total. The van der Waals surface area contributed by atoms with Gasteiger partial charge in [-0.25, -0.2) is 0 Å². The Labute approximate surface area is 158 Å². The Morgan fingerprint density at radius 2 is 1.81 bits per heavy atom. The topological polar surface area (TPSA) is 49.6 Å². The summed E-state index contributed by atoms with van der Waals surface area (Å²) in [7, 11) is 2.02. The molecule has 1 heterocycles. The highest BCUT2D eigenvalue weighted by atomic mass is 16.2. The number of carbonyl (C=O) groups is 1. The first kappa shape index (κ1) is 19.4. The standard InChI is InChI=1S/C22H35N3O/c1-16-13-25(15-18-8-5-4-6-9-18)14-17(2)21(16)24(3)22(26)19-10-7-11-20(23)12-19/h4-6,8-9,16-17,19-21H,7,10-15,23H2,1-3H3. The van der Waals surface area contributed by atoms with Gasteiger partial charge in [0.15, 0.2) is 0 Å². The predicted octanol–water partition coefficient (Wildman–Crippen LogP) is 3.12. The molecule has 4 atom stereocenters. The van der Waals surface area contributed by atoms with Gasteiger partial charge in [-0.15, -0.1) is 0 Å². The maximum absolute atomic E-state index is 13.1. The van der Waals surface area contributed by atoms with Crippen molar-refractivity contribution in [2.75, 3.05) is 20.1 Å². The largest absolute Gasteiger partial charge is 0.342 e. The summed E-state index contributed by atoms with van der Waals surface area (Å²) in [5, 5.41) is 0. The Bertz CT molecular complexity index is 578. The number of hydrogen-bond acceptors (Lipinski definition) is 3. The molecule has 0 bridgehead atoms. The molecule has 1 saturated heterocycles. The van der Waals surface area contributed by atoms with Crippen molar-refractivity contribution in [1.82, 2.24) is 9.80 Å². The molecule has 144 valence electrons. The van der Waals surface area contributed by atoms with Crippen LogP contribution in [0.3, 0.4) is 0 Å². The van der Waals surface area contributed by atoms with Crippen LogP contribution in [0.2, 0.25) is 0 Å². The number of amides is 1. The second kappa shape index (κ2) is 8.53. The second-order valence-corrected chi connectivity index (χ2v) is 8.70. The Morgan fingerprint density at radius 1 is 1.15 bits per heavy atom. The Hall–Kier alpha value is -1.39. The van der Waals surface area contributed by atoms with E-state index in [2.05, 4.69) is 54.0 Å². The predicted molar refractivity (Wildman–Crippen MR) is 107 cm³/mol. The van der Waals surface area contributed by atoms with Crippen LogP contribution >= 0.6 is 0 Å². The van der Waals surface area contributed by atoms with Gasteiger partial charge in [-0.05, 0) is 36.7 Å². The van der Waals surface area contributed by atoms with Gasteiger partial charge in [0.1, 0.15) is 0 Å². The van der Waals surface area contributed by atoms with Gasteiger partial charge in [0.25, 0.3) is 0 Å². The van der Waals surface area contributed by atoms with Gasteiger partial charge >= 0.3 is 0 Å². The summed E-state index contributed by atoms with van der Waals surface area (Å²) in [6.07, 6.45) is 4.02. The summed E-state index contributed by atoms with van der Waals surface area (Å²) in [4.78, 5) is 17.7. The van der Waals surface area contributed by atoms with Crippen molar-refractivity contribution in [1.29, 1.82) is 0 Å². The van der Waals surface area contributed by atoms with Gasteiger partial charge in [-0.3, -0.25) is 9.69 Å². The van der Waals surface area contributed by atoms with Gasteiger partial charge in [-0.1, -0.05) is 50.6 Å². The zero-order valence-corrected chi connectivity index (χ0v) is 16.6. The number of rotatable bonds is 4. The molecule has 0 radical (unpaired) electrons. The summed E-state index contributed by atoms with van der Waals surface area (Å²) < 4.78 is 0. The molecular weight excluding hydrogens is 322 g/mol. The van der Waals surface area contributed by atoms with E-state index in [0.717, 1.165) is 45.3 Å². The van der Waals surface area contributed by atoms with Crippen LogP contribution in [0.5, 0.6) is 0 Å². The van der Waals surface area contributed by atoms with Crippen LogP contribution < -0.4 is 5.73 Å². The van der Waals surface area contributed by atoms with Gasteiger partial charge in [0.05, 0.1) is 0 Å². The van der Waals surface area contributed by atoms with E-state index >= 15 is 0 Å². The molecule has 2 fully saturated rings. The minimum absolute atomic E-state index is 0.130. The van der Waals surface area contributed by atoms with E-state index in [0.29, 0.717) is 23.8 Å². The fraction of sp³-hybridized carbons (Fsp3) is 0.682. The maximum atomic E-state index is 13.1. The van der Waals surface area contributed by atoms with E-state index in [-0.39, 0.29) is 12.0 Å². The van der Waals surface area contributed by atoms with E-state index in [4.69, 9.17) is 5.73 Å². The maximum Gasteiger partial charge on any atom is 0.225 e. The molecule has 26 heavy (non-hydrogen) atoms. The van der Waals surface area contributed by atoms with Crippen LogP contribution in [-0.2, 0) is 11.3 Å². The van der Waals surface area contributed by atoms with Gasteiger partial charge in [0, 0.05) is 44.7 Å². The molecule has 2 N–H and O–H groups in total. The lowest BCUT2D eigenvalue weighted by molar-refractivity contribution is -0.141. The number of carbonyl (C=O) groups excluding carboxylic acids is 1. The highest BCUT2D eigenvalue weighted by Crippen LogP contribution is 2.31. The molecule has 1 aromatic rings. The Morgan fingerprint density at radius 3 is 2.42 bits per heavy atom. The third-order valence-corrected chi connectivity index (χ3v) is 6.37. The molecule has 4 unspecified atom stereocenters. The fourth-order valence-corrected chi connectivity index (χ4v) is 5.29. The summed E-state index contributed by atoms with van der Waals surface area (Å²) in [6, 6.07) is 11.2. The van der Waals surface area contributed by atoms with Crippen LogP contribution in [-0.4, -0.2) is 47.9 Å². The van der Waals surface area contributed by atoms with E-state index in [1.54, 1.807) is 0 Å². The molecule has 1 aromatic carbocycles. The summed E-state index contributed by atoms with van der Waals surface area (Å²) in [6.45, 7) is 7.69. The van der Waals surface area contributed by atoms with Crippen LogP contribution in [0, 0.1) is 17.8 Å². The number of likely N-dealkylation sites (tertiary alicyclic amines) is 1. The minimum atomic E-state index is 0.130. The molecule has 1 saturated carbocycles. The van der Waals surface area contributed by atoms with Crippen molar-refractivity contribution in [2.24, 2.45) is 23.5 Å². The highest BCUT2D eigenvalue weighted by molar-refractivity contribution is 5.79. The second-order valence-electron chi connectivity index (χ2n) is 8.70. The van der Waals surface area contributed by atoms with Gasteiger partial charge in [-0.2, -0.15) is 0 Å². The number of nitrogens with zero attached hydrogens (tertiary/aromatic N) is 2. The SMILES string of the molecule is CC1CN(Cc2ccccc2)CC(C)C1N(C)C(=O)C1CCCC(N)C1. The molecule has 4 heteroatoms. The zero-order valence-electron chi connectivity index (χ0n) is 16.6. The third-order valence-electron chi connectivity index (χ3n) is 6.37.